The molecule has 4 aromatic rings. The van der Waals surface area contributed by atoms with E-state index in [-0.39, 0.29) is 5.91 Å². The summed E-state index contributed by atoms with van der Waals surface area (Å²) < 4.78 is 0.845. The summed E-state index contributed by atoms with van der Waals surface area (Å²) in [6, 6.07) is 9.27. The number of carbonyl (C=O) groups is 1. The van der Waals surface area contributed by atoms with Crippen LogP contribution in [0.1, 0.15) is 23.2 Å². The third kappa shape index (κ3) is 5.48. The Morgan fingerprint density at radius 2 is 1.61 bits per heavy atom. The van der Waals surface area contributed by atoms with Crippen LogP contribution < -0.4 is 21.6 Å². The first-order valence-electron chi connectivity index (χ1n) is 10.2. The molecule has 0 aromatic carbocycles. The molecule has 0 saturated heterocycles. The minimum atomic E-state index is -2.32. The van der Waals surface area contributed by atoms with Crippen LogP contribution in [-0.2, 0) is 0 Å². The molecule has 4 rings (SSSR count). The maximum Gasteiger partial charge on any atom is 0.252 e. The van der Waals surface area contributed by atoms with Crippen LogP contribution in [0.5, 0.6) is 0 Å². The maximum absolute atomic E-state index is 12.4. The normalized spacial score (nSPS) is 11.2. The number of pyridine rings is 1. The average molecular weight is 576 g/mol. The molecule has 0 spiro atoms. The van der Waals surface area contributed by atoms with Gasteiger partial charge in [-0.2, -0.15) is 0 Å². The lowest BCUT2D eigenvalue weighted by atomic mass is 10.2. The van der Waals surface area contributed by atoms with Crippen LogP contribution in [0.15, 0.2) is 67.8 Å². The minimum Gasteiger partial charge on any atom is -0.352 e. The Morgan fingerprint density at radius 3 is 2.18 bits per heavy atom. The van der Waals surface area contributed by atoms with Crippen molar-refractivity contribution in [2.75, 3.05) is 12.7 Å². The molecule has 0 atom stereocenters. The highest BCUT2D eigenvalue weighted by molar-refractivity contribution is 14.1. The van der Waals surface area contributed by atoms with Crippen molar-refractivity contribution in [3.63, 3.8) is 0 Å². The second kappa shape index (κ2) is 11.2. The summed E-state index contributed by atoms with van der Waals surface area (Å²) in [7, 11) is -2.32. The molecular formula is C21H20IN9OP+. The number of carbonyl (C=O) groups excluding carboxylic acids is 1. The number of unbranched alkanes of at least 4 members (excludes halogenated alkanes) is 1. The topological polar surface area (TPSA) is 132 Å². The Hall–Kier alpha value is -3.05. The van der Waals surface area contributed by atoms with Crippen molar-refractivity contribution >= 4 is 52.1 Å². The summed E-state index contributed by atoms with van der Waals surface area (Å²) in [5, 5.41) is 15.1. The standard InChI is InChI=1S/C21H19IN9OP/c22-17-4-3-16(13-26-17)21(32)25-8-1-2-12-33(18-5-9-23-14-27-18,19-6-10-24-15-28-19)20-7-11-29-31-30-20/h3-7,9-11,13-15H,1-2,8,12H2/p+1/i22+4. The number of hydrogen-bond donors (Lipinski definition) is 1. The number of amides is 1. The van der Waals surface area contributed by atoms with Gasteiger partial charge in [-0.15, -0.1) is 5.10 Å². The maximum atomic E-state index is 12.4. The molecule has 33 heavy (non-hydrogen) atoms. The van der Waals surface area contributed by atoms with Gasteiger partial charge in [0.15, 0.2) is 18.1 Å². The predicted octanol–water partition coefficient (Wildman–Crippen LogP) is 0.955. The van der Waals surface area contributed by atoms with Crippen molar-refractivity contribution in [1.82, 2.24) is 45.6 Å². The largest absolute Gasteiger partial charge is 0.352 e. The van der Waals surface area contributed by atoms with Crippen molar-refractivity contribution in [3.05, 3.63) is 77.0 Å². The van der Waals surface area contributed by atoms with E-state index in [0.29, 0.717) is 12.1 Å². The van der Waals surface area contributed by atoms with Crippen LogP contribution in [0.2, 0.25) is 0 Å². The van der Waals surface area contributed by atoms with E-state index in [0.717, 1.165) is 39.0 Å². The van der Waals surface area contributed by atoms with E-state index in [1.165, 1.54) is 12.7 Å². The van der Waals surface area contributed by atoms with Crippen molar-refractivity contribution in [1.29, 1.82) is 0 Å². The van der Waals surface area contributed by atoms with Crippen LogP contribution in [-0.4, -0.2) is 58.9 Å². The smallest absolute Gasteiger partial charge is 0.252 e. The van der Waals surface area contributed by atoms with Gasteiger partial charge in [-0.05, 0) is 52.8 Å². The highest BCUT2D eigenvalue weighted by Crippen LogP contribution is 2.53. The monoisotopic (exact) mass is 576 g/mol. The molecule has 10 nitrogen and oxygen atoms in total. The minimum absolute atomic E-state index is 0.133. The van der Waals surface area contributed by atoms with E-state index >= 15 is 0 Å². The van der Waals surface area contributed by atoms with E-state index in [9.17, 15) is 4.79 Å². The zero-order chi connectivity index (χ0) is 22.9. The van der Waals surface area contributed by atoms with Gasteiger partial charge in [0, 0.05) is 43.3 Å². The van der Waals surface area contributed by atoms with Gasteiger partial charge < -0.3 is 5.32 Å². The molecule has 0 bridgehead atoms. The summed E-state index contributed by atoms with van der Waals surface area (Å²) in [6.07, 6.45) is 12.1. The summed E-state index contributed by atoms with van der Waals surface area (Å²) in [5.41, 5.74) is 3.08. The first kappa shape index (κ1) is 23.1. The summed E-state index contributed by atoms with van der Waals surface area (Å²) in [5.74, 6) is -0.133. The summed E-state index contributed by atoms with van der Waals surface area (Å²) in [4.78, 5) is 33.9. The Bertz CT molecular complexity index is 1070. The number of nitrogens with one attached hydrogen (secondary N) is 1. The van der Waals surface area contributed by atoms with Gasteiger partial charge in [-0.25, -0.2) is 24.9 Å². The quantitative estimate of drug-likeness (QED) is 0.134. The van der Waals surface area contributed by atoms with E-state index in [1.54, 1.807) is 30.9 Å². The van der Waals surface area contributed by atoms with E-state index in [1.807, 2.05) is 24.3 Å². The summed E-state index contributed by atoms with van der Waals surface area (Å²) in [6.45, 7) is 0.542. The first-order valence-corrected chi connectivity index (χ1v) is 13.2. The van der Waals surface area contributed by atoms with Crippen molar-refractivity contribution in [3.8, 4) is 0 Å². The first-order chi connectivity index (χ1) is 16.2. The lowest BCUT2D eigenvalue weighted by Crippen LogP contribution is -2.38. The van der Waals surface area contributed by atoms with Gasteiger partial charge in [-0.1, -0.05) is 5.10 Å². The van der Waals surface area contributed by atoms with Crippen LogP contribution in [0, 0.1) is 3.70 Å². The van der Waals surface area contributed by atoms with Gasteiger partial charge in [0.25, 0.3) is 5.91 Å². The number of rotatable bonds is 9. The zero-order valence-corrected chi connectivity index (χ0v) is 20.5. The van der Waals surface area contributed by atoms with Crippen LogP contribution in [0.25, 0.3) is 0 Å². The van der Waals surface area contributed by atoms with Crippen molar-refractivity contribution in [2.45, 2.75) is 12.8 Å². The molecule has 12 heteroatoms. The molecule has 4 aromatic heterocycles. The van der Waals surface area contributed by atoms with E-state index in [2.05, 4.69) is 68.2 Å². The predicted molar refractivity (Wildman–Crippen MR) is 133 cm³/mol. The van der Waals surface area contributed by atoms with E-state index in [4.69, 9.17) is 0 Å². The lowest BCUT2D eigenvalue weighted by Gasteiger charge is -2.23. The molecule has 0 fully saturated rings. The second-order valence-corrected chi connectivity index (χ2v) is 11.5. The van der Waals surface area contributed by atoms with Crippen LogP contribution in [0.4, 0.5) is 0 Å². The fourth-order valence-electron chi connectivity index (χ4n) is 3.44. The third-order valence-corrected chi connectivity index (χ3v) is 9.73. The number of halogens is 1. The van der Waals surface area contributed by atoms with Gasteiger partial charge in [0.2, 0.25) is 5.44 Å². The number of aromatic nitrogens is 8. The van der Waals surface area contributed by atoms with Gasteiger partial charge >= 0.3 is 0 Å². The van der Waals surface area contributed by atoms with Crippen LogP contribution >= 0.6 is 29.9 Å². The fourth-order valence-corrected chi connectivity index (χ4v) is 7.50. The Labute approximate surface area is 204 Å². The van der Waals surface area contributed by atoms with Crippen molar-refractivity contribution < 1.29 is 4.79 Å². The number of nitrogens with zero attached hydrogens (tertiary/aromatic N) is 8. The number of hydrogen-bond acceptors (Lipinski definition) is 9. The lowest BCUT2D eigenvalue weighted by molar-refractivity contribution is 0.0953. The second-order valence-electron chi connectivity index (χ2n) is 6.98. The SMILES string of the molecule is O=C(NCCCC[P+](c1ccncn1)(c1ccncn1)c1ccnnn1)c1ccc([131I])nc1. The molecule has 0 aliphatic heterocycles. The Morgan fingerprint density at radius 1 is 0.879 bits per heavy atom. The molecule has 0 unspecified atom stereocenters. The van der Waals surface area contributed by atoms with Gasteiger partial charge in [-0.3, -0.25) is 4.79 Å². The van der Waals surface area contributed by atoms with Gasteiger partial charge in [0.05, 0.1) is 17.9 Å². The third-order valence-electron chi connectivity index (χ3n) is 4.99. The Kier molecular flexibility index (Phi) is 7.84. The van der Waals surface area contributed by atoms with E-state index < -0.39 is 7.26 Å². The fraction of sp³-hybridized carbons (Fsp3) is 0.190. The highest BCUT2D eigenvalue weighted by Gasteiger charge is 2.50. The molecule has 166 valence electrons. The van der Waals surface area contributed by atoms with Gasteiger partial charge in [0.1, 0.15) is 16.4 Å². The zero-order valence-electron chi connectivity index (χ0n) is 17.5. The highest BCUT2D eigenvalue weighted by atomic mass is 131. The Balaban J connectivity index is 1.53. The van der Waals surface area contributed by atoms with Crippen molar-refractivity contribution in [2.24, 2.45) is 0 Å². The molecule has 0 radical (unpaired) electrons. The molecular weight excluding hydrogens is 556 g/mol. The molecule has 0 saturated carbocycles. The summed E-state index contributed by atoms with van der Waals surface area (Å²) >= 11 is 2.11. The molecule has 0 aliphatic carbocycles. The molecule has 1 N–H and O–H groups in total. The average Bonchev–Trinajstić information content (AvgIpc) is 2.88. The molecule has 1 amide bonds. The van der Waals surface area contributed by atoms with Crippen LogP contribution in [0.3, 0.4) is 0 Å². The molecule has 0 aliphatic rings. The molecule has 4 heterocycles.